The van der Waals surface area contributed by atoms with Crippen LogP contribution in [0.5, 0.6) is 5.75 Å². The first-order chi connectivity index (χ1) is 9.58. The van der Waals surface area contributed by atoms with E-state index in [1.807, 2.05) is 13.2 Å². The van der Waals surface area contributed by atoms with E-state index < -0.39 is 5.97 Å². The van der Waals surface area contributed by atoms with E-state index in [9.17, 15) is 9.90 Å². The van der Waals surface area contributed by atoms with Gasteiger partial charge in [-0.15, -0.1) is 0 Å². The second-order valence-corrected chi connectivity index (χ2v) is 4.37. The van der Waals surface area contributed by atoms with E-state index in [4.69, 9.17) is 0 Å². The van der Waals surface area contributed by atoms with Crippen molar-refractivity contribution < 1.29 is 14.6 Å². The molecule has 7 nitrogen and oxygen atoms in total. The van der Waals surface area contributed by atoms with Crippen LogP contribution in [0.2, 0.25) is 0 Å². The number of carbonyl (C=O) groups is 1. The van der Waals surface area contributed by atoms with Crippen molar-refractivity contribution in [3.05, 3.63) is 36.4 Å². The van der Waals surface area contributed by atoms with Gasteiger partial charge in [-0.05, 0) is 6.07 Å². The van der Waals surface area contributed by atoms with Crippen LogP contribution in [0.3, 0.4) is 0 Å². The summed E-state index contributed by atoms with van der Waals surface area (Å²) >= 11 is 0. The molecular weight excluding hydrogens is 260 g/mol. The summed E-state index contributed by atoms with van der Waals surface area (Å²) in [6, 6.07) is 3.09. The minimum absolute atomic E-state index is 0.0361. The Bertz CT molecular complexity index is 803. The van der Waals surface area contributed by atoms with Gasteiger partial charge in [0.1, 0.15) is 11.3 Å². The predicted molar refractivity (Wildman–Crippen MR) is 70.4 cm³/mol. The molecule has 102 valence electrons. The third kappa shape index (κ3) is 1.89. The Morgan fingerprint density at radius 3 is 2.75 bits per heavy atom. The molecule has 0 aliphatic rings. The third-order valence-corrected chi connectivity index (χ3v) is 2.98. The van der Waals surface area contributed by atoms with Gasteiger partial charge in [-0.1, -0.05) is 0 Å². The SMILES string of the molecule is COC(=O)c1cc2c(O)cc(-c3cnn(C)c3)cn2n1. The molecule has 0 radical (unpaired) electrons. The first-order valence-electron chi connectivity index (χ1n) is 5.88. The van der Waals surface area contributed by atoms with Crippen LogP contribution >= 0.6 is 0 Å². The normalized spacial score (nSPS) is 10.9. The molecule has 7 heteroatoms. The van der Waals surface area contributed by atoms with Crippen molar-refractivity contribution in [3.8, 4) is 16.9 Å². The van der Waals surface area contributed by atoms with Crippen molar-refractivity contribution in [2.75, 3.05) is 7.11 Å². The summed E-state index contributed by atoms with van der Waals surface area (Å²) in [5.41, 5.74) is 2.19. The van der Waals surface area contributed by atoms with Crippen molar-refractivity contribution in [1.29, 1.82) is 0 Å². The Morgan fingerprint density at radius 1 is 1.30 bits per heavy atom. The number of aromatic nitrogens is 4. The van der Waals surface area contributed by atoms with Gasteiger partial charge in [0.2, 0.25) is 0 Å². The molecule has 3 rings (SSSR count). The first kappa shape index (κ1) is 12.2. The number of nitrogens with zero attached hydrogens (tertiary/aromatic N) is 4. The molecule has 0 atom stereocenters. The Labute approximate surface area is 114 Å². The van der Waals surface area contributed by atoms with Crippen LogP contribution in [0, 0.1) is 0 Å². The zero-order chi connectivity index (χ0) is 14.3. The lowest BCUT2D eigenvalue weighted by molar-refractivity contribution is 0.0593. The van der Waals surface area contributed by atoms with Gasteiger partial charge in [-0.2, -0.15) is 10.2 Å². The van der Waals surface area contributed by atoms with Crippen molar-refractivity contribution >= 4 is 11.5 Å². The molecule has 0 saturated heterocycles. The lowest BCUT2D eigenvalue weighted by Gasteiger charge is -2.01. The van der Waals surface area contributed by atoms with Gasteiger partial charge < -0.3 is 9.84 Å². The zero-order valence-corrected chi connectivity index (χ0v) is 10.9. The van der Waals surface area contributed by atoms with Crippen molar-refractivity contribution in [2.45, 2.75) is 0 Å². The molecule has 3 heterocycles. The summed E-state index contributed by atoms with van der Waals surface area (Å²) in [5.74, 6) is -0.509. The predicted octanol–water partition coefficient (Wildman–Crippen LogP) is 1.23. The quantitative estimate of drug-likeness (QED) is 0.709. The van der Waals surface area contributed by atoms with E-state index in [0.717, 1.165) is 11.1 Å². The van der Waals surface area contributed by atoms with Crippen LogP contribution in [0.4, 0.5) is 0 Å². The average Bonchev–Trinajstić information content (AvgIpc) is 3.04. The number of pyridine rings is 1. The fraction of sp³-hybridized carbons (Fsp3) is 0.154. The van der Waals surface area contributed by atoms with E-state index >= 15 is 0 Å². The van der Waals surface area contributed by atoms with Gasteiger partial charge >= 0.3 is 5.97 Å². The fourth-order valence-electron chi connectivity index (χ4n) is 2.01. The number of fused-ring (bicyclic) bond motifs is 1. The van der Waals surface area contributed by atoms with E-state index in [-0.39, 0.29) is 11.4 Å². The van der Waals surface area contributed by atoms with Crippen molar-refractivity contribution in [2.24, 2.45) is 7.05 Å². The fourth-order valence-corrected chi connectivity index (χ4v) is 2.01. The van der Waals surface area contributed by atoms with Gasteiger partial charge in [0, 0.05) is 36.6 Å². The van der Waals surface area contributed by atoms with Crippen LogP contribution < -0.4 is 0 Å². The maximum absolute atomic E-state index is 11.5. The number of carbonyl (C=O) groups excluding carboxylic acids is 1. The maximum atomic E-state index is 11.5. The summed E-state index contributed by atoms with van der Waals surface area (Å²) in [4.78, 5) is 11.5. The van der Waals surface area contributed by atoms with Crippen LogP contribution in [0.15, 0.2) is 30.7 Å². The summed E-state index contributed by atoms with van der Waals surface area (Å²) in [7, 11) is 3.10. The number of aromatic hydroxyl groups is 1. The molecule has 0 unspecified atom stereocenters. The number of methoxy groups -OCH3 is 1. The smallest absolute Gasteiger partial charge is 0.358 e. The molecule has 1 N–H and O–H groups in total. The molecule has 0 aromatic carbocycles. The van der Waals surface area contributed by atoms with E-state index in [0.29, 0.717) is 5.52 Å². The monoisotopic (exact) mass is 272 g/mol. The molecule has 0 bridgehead atoms. The lowest BCUT2D eigenvalue weighted by atomic mass is 10.1. The number of hydrogen-bond acceptors (Lipinski definition) is 5. The first-order valence-corrected chi connectivity index (χ1v) is 5.88. The number of esters is 1. The Hall–Kier alpha value is -2.83. The molecule has 0 aliphatic carbocycles. The van der Waals surface area contributed by atoms with E-state index in [1.165, 1.54) is 17.7 Å². The Morgan fingerprint density at radius 2 is 2.10 bits per heavy atom. The Kier molecular flexibility index (Phi) is 2.67. The topological polar surface area (TPSA) is 81.6 Å². The lowest BCUT2D eigenvalue weighted by Crippen LogP contribution is -2.02. The highest BCUT2D eigenvalue weighted by Crippen LogP contribution is 2.27. The van der Waals surface area contributed by atoms with Crippen molar-refractivity contribution in [3.63, 3.8) is 0 Å². The molecule has 0 amide bonds. The molecule has 3 aromatic rings. The van der Waals surface area contributed by atoms with Crippen molar-refractivity contribution in [1.82, 2.24) is 19.4 Å². The second kappa shape index (κ2) is 4.37. The number of hydrogen-bond donors (Lipinski definition) is 1. The highest BCUT2D eigenvalue weighted by molar-refractivity contribution is 5.89. The summed E-state index contributed by atoms with van der Waals surface area (Å²) in [6.07, 6.45) is 5.23. The summed E-state index contributed by atoms with van der Waals surface area (Å²) < 4.78 is 7.73. The maximum Gasteiger partial charge on any atom is 0.358 e. The number of aryl methyl sites for hydroxylation is 1. The molecule has 3 aromatic heterocycles. The Balaban J connectivity index is 2.16. The third-order valence-electron chi connectivity index (χ3n) is 2.98. The average molecular weight is 272 g/mol. The molecule has 0 spiro atoms. The van der Waals surface area contributed by atoms with Crippen LogP contribution in [0.1, 0.15) is 10.5 Å². The van der Waals surface area contributed by atoms with Gasteiger partial charge in [0.25, 0.3) is 0 Å². The zero-order valence-electron chi connectivity index (χ0n) is 10.9. The van der Waals surface area contributed by atoms with Gasteiger partial charge in [-0.25, -0.2) is 9.31 Å². The number of rotatable bonds is 2. The van der Waals surface area contributed by atoms with Crippen LogP contribution in [-0.2, 0) is 11.8 Å². The molecule has 20 heavy (non-hydrogen) atoms. The van der Waals surface area contributed by atoms with Gasteiger partial charge in [0.05, 0.1) is 13.3 Å². The van der Waals surface area contributed by atoms with E-state index in [1.54, 1.807) is 23.1 Å². The molecular formula is C13H12N4O3. The van der Waals surface area contributed by atoms with Gasteiger partial charge in [0.15, 0.2) is 5.69 Å². The summed E-state index contributed by atoms with van der Waals surface area (Å²) in [5, 5.41) is 18.2. The number of ether oxygens (including phenoxy) is 1. The van der Waals surface area contributed by atoms with Crippen LogP contribution in [-0.4, -0.2) is 37.6 Å². The second-order valence-electron chi connectivity index (χ2n) is 4.37. The minimum atomic E-state index is -0.545. The van der Waals surface area contributed by atoms with E-state index in [2.05, 4.69) is 14.9 Å². The van der Waals surface area contributed by atoms with Crippen LogP contribution in [0.25, 0.3) is 16.6 Å². The highest BCUT2D eigenvalue weighted by atomic mass is 16.5. The molecule has 0 fully saturated rings. The standard InChI is InChI=1S/C13H12N4O3/c1-16-6-9(5-14-16)8-3-12(18)11-4-10(13(19)20-2)15-17(11)7-8/h3-7,18H,1-2H3. The largest absolute Gasteiger partial charge is 0.506 e. The summed E-state index contributed by atoms with van der Waals surface area (Å²) in [6.45, 7) is 0. The molecule has 0 saturated carbocycles. The highest BCUT2D eigenvalue weighted by Gasteiger charge is 2.14. The van der Waals surface area contributed by atoms with Gasteiger partial charge in [-0.3, -0.25) is 4.68 Å². The minimum Gasteiger partial charge on any atom is -0.506 e. The molecule has 0 aliphatic heterocycles.